The number of hydrogen-bond acceptors (Lipinski definition) is 7. The number of ether oxygens (including phenoxy) is 1. The van der Waals surface area contributed by atoms with Crippen LogP contribution in [-0.4, -0.2) is 32.3 Å². The number of nitrogens with one attached hydrogen (secondary N) is 1. The van der Waals surface area contributed by atoms with Crippen LogP contribution in [0.3, 0.4) is 0 Å². The Kier molecular flexibility index (Phi) is 4.74. The molecular weight excluding hydrogens is 312 g/mol. The third kappa shape index (κ3) is 3.69. The number of anilines is 1. The molecule has 0 bridgehead atoms. The highest BCUT2D eigenvalue weighted by Crippen LogP contribution is 2.27. The van der Waals surface area contributed by atoms with E-state index in [9.17, 15) is 8.42 Å². The third-order valence-electron chi connectivity index (χ3n) is 2.37. The molecule has 0 amide bonds. The summed E-state index contributed by atoms with van der Waals surface area (Å²) in [6.45, 7) is 0.192. The van der Waals surface area contributed by atoms with Gasteiger partial charge < -0.3 is 10.5 Å². The van der Waals surface area contributed by atoms with Crippen molar-refractivity contribution in [2.24, 2.45) is 5.73 Å². The summed E-state index contributed by atoms with van der Waals surface area (Å²) in [5, 5.41) is 7.40. The van der Waals surface area contributed by atoms with E-state index in [1.165, 1.54) is 24.8 Å². The van der Waals surface area contributed by atoms with Crippen LogP contribution in [-0.2, 0) is 10.0 Å². The molecule has 21 heavy (non-hydrogen) atoms. The summed E-state index contributed by atoms with van der Waals surface area (Å²) in [5.74, 6) is 5.66. The minimum Gasteiger partial charge on any atom is -0.495 e. The van der Waals surface area contributed by atoms with Gasteiger partial charge in [0.1, 0.15) is 16.2 Å². The van der Waals surface area contributed by atoms with Crippen LogP contribution in [0.5, 0.6) is 5.75 Å². The zero-order valence-electron chi connectivity index (χ0n) is 11.0. The van der Waals surface area contributed by atoms with Gasteiger partial charge in [-0.3, -0.25) is 4.72 Å². The van der Waals surface area contributed by atoms with Crippen LogP contribution in [0.15, 0.2) is 28.6 Å². The van der Waals surface area contributed by atoms with Crippen LogP contribution < -0.4 is 15.2 Å². The lowest BCUT2D eigenvalue weighted by atomic mass is 10.2. The van der Waals surface area contributed by atoms with Crippen molar-refractivity contribution < 1.29 is 13.2 Å². The molecule has 3 N–H and O–H groups in total. The normalized spacial score (nSPS) is 10.6. The molecule has 7 nitrogen and oxygen atoms in total. The molecule has 2 rings (SSSR count). The molecule has 0 saturated heterocycles. The minimum atomic E-state index is -3.84. The van der Waals surface area contributed by atoms with E-state index < -0.39 is 10.0 Å². The van der Waals surface area contributed by atoms with E-state index in [-0.39, 0.29) is 22.3 Å². The fraction of sp³-hybridized carbons (Fsp3) is 0.167. The number of methoxy groups -OCH3 is 1. The summed E-state index contributed by atoms with van der Waals surface area (Å²) in [6.07, 6.45) is 0. The lowest BCUT2D eigenvalue weighted by Crippen LogP contribution is -2.14. The Morgan fingerprint density at radius 3 is 2.90 bits per heavy atom. The standard InChI is InChI=1S/C12H12N4O3S2/c1-19-10-5-4-9(3-2-6-13)7-11(10)21(17,18)16-12-15-14-8-20-12/h4-5,7-8H,6,13H2,1H3,(H,15,16). The summed E-state index contributed by atoms with van der Waals surface area (Å²) >= 11 is 1.08. The highest BCUT2D eigenvalue weighted by Gasteiger charge is 2.21. The molecule has 0 radical (unpaired) electrons. The van der Waals surface area contributed by atoms with Crippen LogP contribution in [0.4, 0.5) is 5.13 Å². The second kappa shape index (κ2) is 6.53. The van der Waals surface area contributed by atoms with Gasteiger partial charge in [-0.2, -0.15) is 0 Å². The Morgan fingerprint density at radius 1 is 1.48 bits per heavy atom. The maximum Gasteiger partial charge on any atom is 0.267 e. The summed E-state index contributed by atoms with van der Waals surface area (Å²) in [6, 6.07) is 4.62. The summed E-state index contributed by atoms with van der Waals surface area (Å²) in [4.78, 5) is -0.0241. The van der Waals surface area contributed by atoms with Gasteiger partial charge in [-0.05, 0) is 18.2 Å². The highest BCUT2D eigenvalue weighted by atomic mass is 32.2. The quantitative estimate of drug-likeness (QED) is 0.800. The highest BCUT2D eigenvalue weighted by molar-refractivity contribution is 7.93. The average molecular weight is 324 g/mol. The van der Waals surface area contributed by atoms with Crippen molar-refractivity contribution in [2.45, 2.75) is 4.90 Å². The monoisotopic (exact) mass is 324 g/mol. The van der Waals surface area contributed by atoms with Crippen molar-refractivity contribution in [3.05, 3.63) is 29.3 Å². The van der Waals surface area contributed by atoms with E-state index in [4.69, 9.17) is 10.5 Å². The van der Waals surface area contributed by atoms with E-state index in [1.54, 1.807) is 6.07 Å². The van der Waals surface area contributed by atoms with Gasteiger partial charge in [0.25, 0.3) is 10.0 Å². The molecule has 0 unspecified atom stereocenters. The van der Waals surface area contributed by atoms with Crippen molar-refractivity contribution in [1.29, 1.82) is 0 Å². The van der Waals surface area contributed by atoms with Gasteiger partial charge in [-0.15, -0.1) is 10.2 Å². The number of sulfonamides is 1. The number of rotatable bonds is 4. The molecule has 0 atom stereocenters. The van der Waals surface area contributed by atoms with E-state index in [2.05, 4.69) is 26.8 Å². The van der Waals surface area contributed by atoms with Crippen LogP contribution in [0.1, 0.15) is 5.56 Å². The average Bonchev–Trinajstić information content (AvgIpc) is 2.97. The Hall–Kier alpha value is -2.15. The van der Waals surface area contributed by atoms with E-state index in [0.29, 0.717) is 5.56 Å². The summed E-state index contributed by atoms with van der Waals surface area (Å²) < 4.78 is 32.2. The molecule has 0 aliphatic carbocycles. The molecule has 0 fully saturated rings. The summed E-state index contributed by atoms with van der Waals surface area (Å²) in [7, 11) is -2.45. The lowest BCUT2D eigenvalue weighted by Gasteiger charge is -2.10. The largest absolute Gasteiger partial charge is 0.495 e. The zero-order chi connectivity index (χ0) is 15.3. The maximum atomic E-state index is 12.4. The Morgan fingerprint density at radius 2 is 2.29 bits per heavy atom. The van der Waals surface area contributed by atoms with Gasteiger partial charge in [-0.25, -0.2) is 8.42 Å². The fourth-order valence-electron chi connectivity index (χ4n) is 1.51. The minimum absolute atomic E-state index is 0.0241. The van der Waals surface area contributed by atoms with Crippen molar-refractivity contribution in [3.63, 3.8) is 0 Å². The number of benzene rings is 1. The molecular formula is C12H12N4O3S2. The number of nitrogens with two attached hydrogens (primary N) is 1. The van der Waals surface area contributed by atoms with Crippen LogP contribution in [0.2, 0.25) is 0 Å². The predicted octanol–water partition coefficient (Wildman–Crippen LogP) is 0.658. The molecule has 1 aromatic carbocycles. The van der Waals surface area contributed by atoms with Crippen molar-refractivity contribution in [2.75, 3.05) is 18.4 Å². The SMILES string of the molecule is COc1ccc(C#CCN)cc1S(=O)(=O)Nc1nncs1. The van der Waals surface area contributed by atoms with Crippen LogP contribution in [0.25, 0.3) is 0 Å². The number of aromatic nitrogens is 2. The second-order valence-corrected chi connectivity index (χ2v) is 6.20. The predicted molar refractivity (Wildman–Crippen MR) is 79.6 cm³/mol. The van der Waals surface area contributed by atoms with Crippen LogP contribution >= 0.6 is 11.3 Å². The Balaban J connectivity index is 2.44. The molecule has 0 aliphatic rings. The van der Waals surface area contributed by atoms with Crippen LogP contribution in [0, 0.1) is 11.8 Å². The number of hydrogen-bond donors (Lipinski definition) is 2. The van der Waals surface area contributed by atoms with E-state index >= 15 is 0 Å². The zero-order valence-corrected chi connectivity index (χ0v) is 12.7. The summed E-state index contributed by atoms with van der Waals surface area (Å²) in [5.41, 5.74) is 7.26. The van der Waals surface area contributed by atoms with Gasteiger partial charge in [0.05, 0.1) is 13.7 Å². The van der Waals surface area contributed by atoms with Gasteiger partial charge >= 0.3 is 0 Å². The molecule has 0 aliphatic heterocycles. The second-order valence-electron chi connectivity index (χ2n) is 3.72. The molecule has 9 heteroatoms. The van der Waals surface area contributed by atoms with Gasteiger partial charge in [0.2, 0.25) is 5.13 Å². The molecule has 0 saturated carbocycles. The van der Waals surface area contributed by atoms with Gasteiger partial charge in [0.15, 0.2) is 0 Å². The third-order valence-corrected chi connectivity index (χ3v) is 4.47. The Labute approximate surface area is 126 Å². The smallest absolute Gasteiger partial charge is 0.267 e. The number of nitrogens with zero attached hydrogens (tertiary/aromatic N) is 2. The van der Waals surface area contributed by atoms with Crippen molar-refractivity contribution in [3.8, 4) is 17.6 Å². The fourth-order valence-corrected chi connectivity index (χ4v) is 3.39. The topological polar surface area (TPSA) is 107 Å². The van der Waals surface area contributed by atoms with Crippen molar-refractivity contribution in [1.82, 2.24) is 10.2 Å². The molecule has 0 spiro atoms. The van der Waals surface area contributed by atoms with Gasteiger partial charge in [0, 0.05) is 5.56 Å². The first-order valence-electron chi connectivity index (χ1n) is 5.73. The molecule has 2 aromatic rings. The maximum absolute atomic E-state index is 12.4. The first-order valence-corrected chi connectivity index (χ1v) is 8.09. The van der Waals surface area contributed by atoms with E-state index in [1.807, 2.05) is 0 Å². The van der Waals surface area contributed by atoms with E-state index in [0.717, 1.165) is 11.3 Å². The van der Waals surface area contributed by atoms with Gasteiger partial charge in [-0.1, -0.05) is 23.2 Å². The first-order chi connectivity index (χ1) is 10.1. The molecule has 110 valence electrons. The van der Waals surface area contributed by atoms with Crippen molar-refractivity contribution >= 4 is 26.5 Å². The Bertz CT molecular complexity index is 777. The first kappa shape index (κ1) is 15.2. The molecule has 1 aromatic heterocycles. The molecule has 1 heterocycles. The lowest BCUT2D eigenvalue weighted by molar-refractivity contribution is 0.403.